The molecule has 2 aliphatic rings. The first-order valence-corrected chi connectivity index (χ1v) is 3.83. The van der Waals surface area contributed by atoms with Crippen molar-refractivity contribution in [2.45, 2.75) is 12.8 Å². The maximum atomic E-state index is 10.8. The lowest BCUT2D eigenvalue weighted by Crippen LogP contribution is -2.27. The van der Waals surface area contributed by atoms with Crippen LogP contribution >= 0.6 is 0 Å². The molecule has 0 aromatic heterocycles. The Labute approximate surface area is 65.2 Å². The average Bonchev–Trinajstić information content (AvgIpc) is 2.29. The summed E-state index contributed by atoms with van der Waals surface area (Å²) in [5.41, 5.74) is -0.650. The van der Waals surface area contributed by atoms with Crippen LogP contribution in [0.1, 0.15) is 12.8 Å². The van der Waals surface area contributed by atoms with Gasteiger partial charge >= 0.3 is 5.97 Å². The third-order valence-corrected chi connectivity index (χ3v) is 2.52. The number of allylic oxidation sites excluding steroid dienone is 2. The van der Waals surface area contributed by atoms with Gasteiger partial charge < -0.3 is 5.11 Å². The molecule has 0 radical (unpaired) electrons. The van der Waals surface area contributed by atoms with E-state index in [9.17, 15) is 4.79 Å². The molecule has 2 aliphatic carbocycles. The van der Waals surface area contributed by atoms with Crippen molar-refractivity contribution < 1.29 is 9.90 Å². The van der Waals surface area contributed by atoms with Crippen molar-refractivity contribution in [1.29, 1.82) is 0 Å². The molecule has 0 amide bonds. The highest BCUT2D eigenvalue weighted by atomic mass is 16.4. The molecule has 0 spiro atoms. The Kier molecular flexibility index (Phi) is 1.19. The zero-order valence-corrected chi connectivity index (χ0v) is 6.16. The van der Waals surface area contributed by atoms with E-state index in [-0.39, 0.29) is 0 Å². The van der Waals surface area contributed by atoms with E-state index in [1.807, 2.05) is 24.3 Å². The molecule has 0 heterocycles. The third-order valence-electron chi connectivity index (χ3n) is 2.52. The van der Waals surface area contributed by atoms with Gasteiger partial charge in [0.25, 0.3) is 0 Å². The summed E-state index contributed by atoms with van der Waals surface area (Å²) in [5, 5.41) is 8.91. The molecule has 0 saturated heterocycles. The third kappa shape index (κ3) is 0.821. The Morgan fingerprint density at radius 3 is 3.00 bits per heavy atom. The van der Waals surface area contributed by atoms with E-state index in [0.29, 0.717) is 5.92 Å². The van der Waals surface area contributed by atoms with Gasteiger partial charge in [-0.2, -0.15) is 0 Å². The van der Waals surface area contributed by atoms with E-state index >= 15 is 0 Å². The molecule has 1 N–H and O–H groups in total. The normalized spacial score (nSPS) is 39.5. The minimum atomic E-state index is -0.716. The summed E-state index contributed by atoms with van der Waals surface area (Å²) in [4.78, 5) is 10.8. The first kappa shape index (κ1) is 6.65. The fourth-order valence-electron chi connectivity index (χ4n) is 1.85. The molecular weight excluding hydrogens is 140 g/mol. The van der Waals surface area contributed by atoms with Crippen LogP contribution in [0.15, 0.2) is 24.3 Å². The molecule has 0 aromatic carbocycles. The number of aliphatic carboxylic acids is 1. The summed E-state index contributed by atoms with van der Waals surface area (Å²) in [7, 11) is 0. The highest BCUT2D eigenvalue weighted by Crippen LogP contribution is 2.42. The van der Waals surface area contributed by atoms with Crippen molar-refractivity contribution in [1.82, 2.24) is 0 Å². The summed E-state index contributed by atoms with van der Waals surface area (Å²) in [6.45, 7) is 0. The molecule has 2 nitrogen and oxygen atoms in total. The van der Waals surface area contributed by atoms with Gasteiger partial charge in [-0.25, -0.2) is 0 Å². The first-order valence-electron chi connectivity index (χ1n) is 3.83. The molecule has 2 rings (SSSR count). The molecule has 2 atom stereocenters. The van der Waals surface area contributed by atoms with Crippen LogP contribution in [0, 0.1) is 11.3 Å². The summed E-state index contributed by atoms with van der Waals surface area (Å²) in [6.07, 6.45) is 9.40. The zero-order valence-electron chi connectivity index (χ0n) is 6.16. The quantitative estimate of drug-likeness (QED) is 0.576. The number of carbonyl (C=O) groups is 1. The molecule has 58 valence electrons. The van der Waals surface area contributed by atoms with Gasteiger partial charge in [-0.1, -0.05) is 24.3 Å². The van der Waals surface area contributed by atoms with Crippen LogP contribution < -0.4 is 0 Å². The van der Waals surface area contributed by atoms with Gasteiger partial charge in [-0.05, 0) is 18.8 Å². The second-order valence-corrected chi connectivity index (χ2v) is 3.31. The molecule has 0 saturated carbocycles. The topological polar surface area (TPSA) is 37.3 Å². The van der Waals surface area contributed by atoms with Crippen molar-refractivity contribution in [2.24, 2.45) is 11.3 Å². The lowest BCUT2D eigenvalue weighted by Gasteiger charge is -2.22. The van der Waals surface area contributed by atoms with Crippen molar-refractivity contribution in [3.05, 3.63) is 24.3 Å². The van der Waals surface area contributed by atoms with Gasteiger partial charge in [0, 0.05) is 0 Å². The Morgan fingerprint density at radius 2 is 2.36 bits per heavy atom. The molecule has 0 aliphatic heterocycles. The van der Waals surface area contributed by atoms with Crippen LogP contribution in [0.2, 0.25) is 0 Å². The molecule has 11 heavy (non-hydrogen) atoms. The molecular formula is C9H10O2. The number of carboxylic acids is 1. The fourth-order valence-corrected chi connectivity index (χ4v) is 1.85. The molecule has 2 heteroatoms. The van der Waals surface area contributed by atoms with E-state index in [1.54, 1.807) is 0 Å². The van der Waals surface area contributed by atoms with Crippen molar-refractivity contribution in [2.75, 3.05) is 0 Å². The van der Waals surface area contributed by atoms with Crippen LogP contribution in [0.3, 0.4) is 0 Å². The van der Waals surface area contributed by atoms with Crippen LogP contribution in [0.25, 0.3) is 0 Å². The minimum absolute atomic E-state index is 0.469. The van der Waals surface area contributed by atoms with Gasteiger partial charge in [-0.15, -0.1) is 0 Å². The minimum Gasteiger partial charge on any atom is -0.480 e. The predicted molar refractivity (Wildman–Crippen MR) is 41.1 cm³/mol. The Morgan fingerprint density at radius 1 is 1.55 bits per heavy atom. The van der Waals surface area contributed by atoms with Crippen LogP contribution in [0.4, 0.5) is 0 Å². The summed E-state index contributed by atoms with van der Waals surface area (Å²) >= 11 is 0. The molecule has 2 bridgehead atoms. The lowest BCUT2D eigenvalue weighted by molar-refractivity contribution is -0.144. The van der Waals surface area contributed by atoms with Crippen molar-refractivity contribution in [3.8, 4) is 0 Å². The van der Waals surface area contributed by atoms with Gasteiger partial charge in [0.1, 0.15) is 5.41 Å². The second kappa shape index (κ2) is 1.97. The Hall–Kier alpha value is -1.05. The number of carboxylic acid groups (broad SMARTS) is 1. The number of hydrogen-bond donors (Lipinski definition) is 1. The Bertz CT molecular complexity index is 248. The highest BCUT2D eigenvalue weighted by Gasteiger charge is 2.40. The summed E-state index contributed by atoms with van der Waals surface area (Å²) in [5.74, 6) is -0.247. The first-order chi connectivity index (χ1) is 5.23. The number of fused-ring (bicyclic) bond motifs is 2. The van der Waals surface area contributed by atoms with Gasteiger partial charge in [-0.3, -0.25) is 4.79 Å². The SMILES string of the molecule is O=C(O)C12C=CCC(C=C1)C2. The molecule has 0 aromatic rings. The Balaban J connectivity index is 2.39. The maximum absolute atomic E-state index is 10.8. The number of rotatable bonds is 1. The van der Waals surface area contributed by atoms with Crippen LogP contribution in [-0.4, -0.2) is 11.1 Å². The van der Waals surface area contributed by atoms with Gasteiger partial charge in [0.2, 0.25) is 0 Å². The molecule has 2 unspecified atom stereocenters. The van der Waals surface area contributed by atoms with Crippen LogP contribution in [-0.2, 0) is 4.79 Å². The number of hydrogen-bond acceptors (Lipinski definition) is 1. The van der Waals surface area contributed by atoms with Gasteiger partial charge in [0.05, 0.1) is 0 Å². The molecule has 0 fully saturated rings. The van der Waals surface area contributed by atoms with Crippen molar-refractivity contribution in [3.63, 3.8) is 0 Å². The summed E-state index contributed by atoms with van der Waals surface area (Å²) < 4.78 is 0. The zero-order chi connectivity index (χ0) is 7.90. The predicted octanol–water partition coefficient (Wildman–Crippen LogP) is 1.59. The van der Waals surface area contributed by atoms with Crippen molar-refractivity contribution >= 4 is 5.97 Å². The standard InChI is InChI=1S/C9H10O2/c10-8(11)9-4-1-2-7(6-9)3-5-9/h1,3-5,7H,2,6H2,(H,10,11). The van der Waals surface area contributed by atoms with E-state index in [2.05, 4.69) is 0 Å². The monoisotopic (exact) mass is 150 g/mol. The van der Waals surface area contributed by atoms with E-state index in [4.69, 9.17) is 5.11 Å². The van der Waals surface area contributed by atoms with Crippen LogP contribution in [0.5, 0.6) is 0 Å². The second-order valence-electron chi connectivity index (χ2n) is 3.31. The fraction of sp³-hybridized carbons (Fsp3) is 0.444. The maximum Gasteiger partial charge on any atom is 0.317 e. The largest absolute Gasteiger partial charge is 0.480 e. The van der Waals surface area contributed by atoms with E-state index in [1.165, 1.54) is 0 Å². The lowest BCUT2D eigenvalue weighted by atomic mass is 9.80. The average molecular weight is 150 g/mol. The van der Waals surface area contributed by atoms with E-state index < -0.39 is 11.4 Å². The van der Waals surface area contributed by atoms with Gasteiger partial charge in [0.15, 0.2) is 0 Å². The highest BCUT2D eigenvalue weighted by molar-refractivity contribution is 5.80. The summed E-state index contributed by atoms with van der Waals surface area (Å²) in [6, 6.07) is 0. The smallest absolute Gasteiger partial charge is 0.317 e. The van der Waals surface area contributed by atoms with E-state index in [0.717, 1.165) is 12.8 Å².